The minimum Gasteiger partial charge on any atom is -0.394 e. The van der Waals surface area contributed by atoms with Gasteiger partial charge in [-0.1, -0.05) is 0 Å². The van der Waals surface area contributed by atoms with Crippen molar-refractivity contribution < 1.29 is 19.4 Å². The highest BCUT2D eigenvalue weighted by atomic mass is 16.5. The molecule has 1 saturated heterocycles. The predicted molar refractivity (Wildman–Crippen MR) is 64.7 cm³/mol. The molecule has 1 aliphatic rings. The minimum absolute atomic E-state index is 0.000634. The van der Waals surface area contributed by atoms with Crippen LogP contribution in [0.3, 0.4) is 0 Å². The number of rotatable bonds is 5. The van der Waals surface area contributed by atoms with E-state index < -0.39 is 11.8 Å². The first-order chi connectivity index (χ1) is 8.69. The van der Waals surface area contributed by atoms with Crippen LogP contribution in [-0.2, 0) is 14.3 Å². The molecule has 2 amide bonds. The van der Waals surface area contributed by atoms with E-state index >= 15 is 0 Å². The molecule has 1 rings (SSSR count). The molecular formula is C11H21N3O4. The minimum atomic E-state index is -0.602. The van der Waals surface area contributed by atoms with E-state index in [0.717, 1.165) is 0 Å². The molecule has 7 nitrogen and oxygen atoms in total. The second-order valence-corrected chi connectivity index (χ2v) is 4.13. The third-order valence-electron chi connectivity index (χ3n) is 2.80. The van der Waals surface area contributed by atoms with Crippen molar-refractivity contribution in [1.29, 1.82) is 0 Å². The Bertz CT molecular complexity index is 277. The van der Waals surface area contributed by atoms with Crippen LogP contribution in [0.15, 0.2) is 0 Å². The average Bonchev–Trinajstić information content (AvgIpc) is 2.42. The van der Waals surface area contributed by atoms with Crippen LogP contribution in [0.4, 0.5) is 0 Å². The second kappa shape index (κ2) is 8.02. The molecule has 0 atom stereocenters. The number of amides is 2. The van der Waals surface area contributed by atoms with Crippen molar-refractivity contribution in [2.24, 2.45) is 5.73 Å². The summed E-state index contributed by atoms with van der Waals surface area (Å²) in [5.74, 6) is -1.11. The molecule has 1 aliphatic heterocycles. The molecule has 0 aromatic rings. The van der Waals surface area contributed by atoms with Gasteiger partial charge in [-0.05, 0) is 12.8 Å². The van der Waals surface area contributed by atoms with Crippen molar-refractivity contribution in [3.8, 4) is 0 Å². The maximum atomic E-state index is 11.7. The fourth-order valence-corrected chi connectivity index (χ4v) is 1.85. The Hall–Kier alpha value is -1.18. The summed E-state index contributed by atoms with van der Waals surface area (Å²) < 4.78 is 5.38. The fraction of sp³-hybridized carbons (Fsp3) is 0.818. The molecule has 4 N–H and O–H groups in total. The van der Waals surface area contributed by atoms with Gasteiger partial charge in [0.1, 0.15) is 0 Å². The van der Waals surface area contributed by atoms with E-state index in [9.17, 15) is 9.59 Å². The number of aliphatic hydroxyl groups is 1. The lowest BCUT2D eigenvalue weighted by molar-refractivity contribution is -0.147. The van der Waals surface area contributed by atoms with E-state index in [2.05, 4.69) is 5.32 Å². The van der Waals surface area contributed by atoms with E-state index in [0.29, 0.717) is 45.6 Å². The summed E-state index contributed by atoms with van der Waals surface area (Å²) in [6.07, 6.45) is 1.44. The number of carbonyl (C=O) groups is 2. The molecule has 1 heterocycles. The van der Waals surface area contributed by atoms with E-state index in [4.69, 9.17) is 15.6 Å². The van der Waals surface area contributed by atoms with Crippen molar-refractivity contribution in [3.05, 3.63) is 0 Å². The van der Waals surface area contributed by atoms with E-state index in [1.54, 1.807) is 0 Å². The average molecular weight is 259 g/mol. The third-order valence-corrected chi connectivity index (χ3v) is 2.80. The van der Waals surface area contributed by atoms with E-state index in [1.807, 2.05) is 0 Å². The molecule has 0 aromatic heterocycles. The molecule has 104 valence electrons. The summed E-state index contributed by atoms with van der Waals surface area (Å²) in [5, 5.41) is 11.1. The number of hydrogen-bond donors (Lipinski definition) is 3. The monoisotopic (exact) mass is 259 g/mol. The van der Waals surface area contributed by atoms with Gasteiger partial charge < -0.3 is 25.8 Å². The molecule has 1 fully saturated rings. The largest absolute Gasteiger partial charge is 0.394 e. The third kappa shape index (κ3) is 4.59. The number of nitrogens with two attached hydrogens (primary N) is 1. The van der Waals surface area contributed by atoms with Crippen LogP contribution >= 0.6 is 0 Å². The van der Waals surface area contributed by atoms with Crippen LogP contribution in [0.5, 0.6) is 0 Å². The Morgan fingerprint density at radius 3 is 2.61 bits per heavy atom. The Morgan fingerprint density at radius 1 is 1.39 bits per heavy atom. The van der Waals surface area contributed by atoms with E-state index in [-0.39, 0.29) is 12.7 Å². The number of carbonyl (C=O) groups excluding carboxylic acids is 2. The topological polar surface area (TPSA) is 105 Å². The smallest absolute Gasteiger partial charge is 0.311 e. The van der Waals surface area contributed by atoms with E-state index in [1.165, 1.54) is 4.90 Å². The Balaban J connectivity index is 2.29. The number of nitrogens with zero attached hydrogens (tertiary/aromatic N) is 1. The van der Waals surface area contributed by atoms with Gasteiger partial charge in [0.05, 0.1) is 19.3 Å². The van der Waals surface area contributed by atoms with Gasteiger partial charge >= 0.3 is 11.8 Å². The second-order valence-electron chi connectivity index (χ2n) is 4.13. The fourth-order valence-electron chi connectivity index (χ4n) is 1.85. The maximum absolute atomic E-state index is 11.7. The zero-order valence-corrected chi connectivity index (χ0v) is 10.4. The Labute approximate surface area is 106 Å². The highest BCUT2D eigenvalue weighted by molar-refractivity contribution is 6.35. The Kier molecular flexibility index (Phi) is 6.63. The zero-order chi connectivity index (χ0) is 13.4. The molecule has 0 unspecified atom stereocenters. The van der Waals surface area contributed by atoms with Gasteiger partial charge in [0.25, 0.3) is 0 Å². The maximum Gasteiger partial charge on any atom is 0.311 e. The van der Waals surface area contributed by atoms with Gasteiger partial charge in [-0.25, -0.2) is 0 Å². The summed E-state index contributed by atoms with van der Waals surface area (Å²) in [5.41, 5.74) is 5.24. The standard InChI is InChI=1S/C11H21N3O4/c12-3-4-13-10(16)11(17)14-5-1-9(2-6-14)18-8-7-15/h9,15H,1-8,12H2,(H,13,16). The zero-order valence-electron chi connectivity index (χ0n) is 10.4. The highest BCUT2D eigenvalue weighted by Crippen LogP contribution is 2.13. The first kappa shape index (κ1) is 14.9. The lowest BCUT2D eigenvalue weighted by Gasteiger charge is -2.31. The molecular weight excluding hydrogens is 238 g/mol. The normalized spacial score (nSPS) is 16.7. The van der Waals surface area contributed by atoms with Gasteiger partial charge in [-0.15, -0.1) is 0 Å². The molecule has 18 heavy (non-hydrogen) atoms. The Morgan fingerprint density at radius 2 is 2.06 bits per heavy atom. The number of hydrogen-bond acceptors (Lipinski definition) is 5. The molecule has 0 saturated carbocycles. The lowest BCUT2D eigenvalue weighted by atomic mass is 10.1. The summed E-state index contributed by atoms with van der Waals surface area (Å²) >= 11 is 0. The van der Waals surface area contributed by atoms with Crippen molar-refractivity contribution in [2.45, 2.75) is 18.9 Å². The lowest BCUT2D eigenvalue weighted by Crippen LogP contribution is -2.48. The molecule has 0 bridgehead atoms. The van der Waals surface area contributed by atoms with Crippen LogP contribution in [0.1, 0.15) is 12.8 Å². The van der Waals surface area contributed by atoms with Crippen molar-refractivity contribution in [1.82, 2.24) is 10.2 Å². The van der Waals surface area contributed by atoms with Gasteiger partial charge in [-0.3, -0.25) is 9.59 Å². The molecule has 0 aromatic carbocycles. The van der Waals surface area contributed by atoms with Crippen molar-refractivity contribution in [3.63, 3.8) is 0 Å². The molecule has 0 aliphatic carbocycles. The van der Waals surface area contributed by atoms with Crippen molar-refractivity contribution >= 4 is 11.8 Å². The first-order valence-corrected chi connectivity index (χ1v) is 6.18. The van der Waals surface area contributed by atoms with Gasteiger partial charge in [0.15, 0.2) is 0 Å². The first-order valence-electron chi connectivity index (χ1n) is 6.18. The summed E-state index contributed by atoms with van der Waals surface area (Å²) in [7, 11) is 0. The number of piperidine rings is 1. The summed E-state index contributed by atoms with van der Waals surface area (Å²) in [6.45, 7) is 1.95. The van der Waals surface area contributed by atoms with Crippen LogP contribution in [0.25, 0.3) is 0 Å². The van der Waals surface area contributed by atoms with Gasteiger partial charge in [0.2, 0.25) is 0 Å². The van der Waals surface area contributed by atoms with Crippen LogP contribution in [0, 0.1) is 0 Å². The molecule has 7 heteroatoms. The predicted octanol–water partition coefficient (Wildman–Crippen LogP) is -1.94. The summed E-state index contributed by atoms with van der Waals surface area (Å²) in [6, 6.07) is 0. The van der Waals surface area contributed by atoms with Crippen molar-refractivity contribution in [2.75, 3.05) is 39.4 Å². The summed E-state index contributed by atoms with van der Waals surface area (Å²) in [4.78, 5) is 24.7. The number of aliphatic hydroxyl groups excluding tert-OH is 1. The number of likely N-dealkylation sites (tertiary alicyclic amines) is 1. The van der Waals surface area contributed by atoms with Crippen LogP contribution in [0.2, 0.25) is 0 Å². The highest BCUT2D eigenvalue weighted by Gasteiger charge is 2.26. The quantitative estimate of drug-likeness (QED) is 0.498. The van der Waals surface area contributed by atoms with Gasteiger partial charge in [-0.2, -0.15) is 0 Å². The van der Waals surface area contributed by atoms with Gasteiger partial charge in [0, 0.05) is 26.2 Å². The molecule has 0 radical (unpaired) electrons. The number of nitrogens with one attached hydrogen (secondary N) is 1. The molecule has 0 spiro atoms. The van der Waals surface area contributed by atoms with Crippen LogP contribution < -0.4 is 11.1 Å². The number of ether oxygens (including phenoxy) is 1. The SMILES string of the molecule is NCCNC(=O)C(=O)N1CCC(OCCO)CC1. The van der Waals surface area contributed by atoms with Crippen LogP contribution in [-0.4, -0.2) is 67.3 Å².